The number of ether oxygens (including phenoxy) is 1. The van der Waals surface area contributed by atoms with Crippen molar-refractivity contribution in [1.82, 2.24) is 4.90 Å². The van der Waals surface area contributed by atoms with Gasteiger partial charge in [0.05, 0.1) is 19.3 Å². The Hall–Kier alpha value is -2.56. The van der Waals surface area contributed by atoms with E-state index in [1.807, 2.05) is 24.3 Å². The number of benzene rings is 2. The average molecular weight is 288 g/mol. The van der Waals surface area contributed by atoms with E-state index in [9.17, 15) is 9.18 Å². The number of carbonyl (C=O) groups is 1. The van der Waals surface area contributed by atoms with Crippen LogP contribution in [-0.2, 0) is 6.54 Å². The van der Waals surface area contributed by atoms with Crippen LogP contribution in [0.15, 0.2) is 48.5 Å². The van der Waals surface area contributed by atoms with E-state index in [-0.39, 0.29) is 11.7 Å². The van der Waals surface area contributed by atoms with Crippen LogP contribution in [0.4, 0.5) is 14.9 Å². The van der Waals surface area contributed by atoms with Crippen molar-refractivity contribution in [1.29, 1.82) is 0 Å². The summed E-state index contributed by atoms with van der Waals surface area (Å²) in [5.41, 5.74) is 1.04. The van der Waals surface area contributed by atoms with Crippen LogP contribution in [0.5, 0.6) is 5.75 Å². The Kier molecular flexibility index (Phi) is 4.77. The Morgan fingerprint density at radius 3 is 2.57 bits per heavy atom. The predicted molar refractivity (Wildman–Crippen MR) is 79.9 cm³/mol. The molecule has 0 aromatic heterocycles. The largest absolute Gasteiger partial charge is 0.496 e. The molecule has 4 nitrogen and oxygen atoms in total. The van der Waals surface area contributed by atoms with Gasteiger partial charge in [-0.15, -0.1) is 0 Å². The molecule has 2 rings (SSSR count). The van der Waals surface area contributed by atoms with Crippen molar-refractivity contribution < 1.29 is 13.9 Å². The van der Waals surface area contributed by atoms with Gasteiger partial charge in [-0.05, 0) is 18.2 Å². The summed E-state index contributed by atoms with van der Waals surface area (Å²) in [6.45, 7) is 0.365. The summed E-state index contributed by atoms with van der Waals surface area (Å²) in [5, 5.41) is 2.54. The molecule has 0 aliphatic carbocycles. The first-order chi connectivity index (χ1) is 10.1. The third-order valence-electron chi connectivity index (χ3n) is 3.06. The minimum absolute atomic E-state index is 0.161. The number of rotatable bonds is 4. The SMILES string of the molecule is COc1ccccc1CN(C)C(=O)Nc1ccccc1F. The quantitative estimate of drug-likeness (QED) is 0.935. The van der Waals surface area contributed by atoms with E-state index in [0.29, 0.717) is 12.3 Å². The van der Waals surface area contributed by atoms with E-state index in [2.05, 4.69) is 5.32 Å². The number of amides is 2. The molecular formula is C16H17FN2O2. The van der Waals surface area contributed by atoms with Gasteiger partial charge in [0.1, 0.15) is 11.6 Å². The van der Waals surface area contributed by atoms with E-state index in [1.54, 1.807) is 26.3 Å². The summed E-state index contributed by atoms with van der Waals surface area (Å²) < 4.78 is 18.8. The lowest BCUT2D eigenvalue weighted by Crippen LogP contribution is -2.31. The lowest BCUT2D eigenvalue weighted by molar-refractivity contribution is 0.220. The molecule has 2 aromatic carbocycles. The van der Waals surface area contributed by atoms with Gasteiger partial charge >= 0.3 is 6.03 Å². The van der Waals surface area contributed by atoms with Crippen LogP contribution < -0.4 is 10.1 Å². The second-order valence-electron chi connectivity index (χ2n) is 4.58. The number of nitrogens with zero attached hydrogens (tertiary/aromatic N) is 1. The monoisotopic (exact) mass is 288 g/mol. The van der Waals surface area contributed by atoms with Gasteiger partial charge in [0.25, 0.3) is 0 Å². The number of anilines is 1. The second-order valence-corrected chi connectivity index (χ2v) is 4.58. The molecule has 0 saturated carbocycles. The van der Waals surface area contributed by atoms with Gasteiger partial charge in [0, 0.05) is 12.6 Å². The fourth-order valence-corrected chi connectivity index (χ4v) is 1.93. The standard InChI is InChI=1S/C16H17FN2O2/c1-19(11-12-7-3-6-10-15(12)21-2)16(20)18-14-9-5-4-8-13(14)17/h3-10H,11H2,1-2H3,(H,18,20). The molecule has 0 bridgehead atoms. The van der Waals surface area contributed by atoms with Crippen molar-refractivity contribution in [3.63, 3.8) is 0 Å². The highest BCUT2D eigenvalue weighted by atomic mass is 19.1. The van der Waals surface area contributed by atoms with E-state index in [1.165, 1.54) is 17.0 Å². The van der Waals surface area contributed by atoms with E-state index in [0.717, 1.165) is 5.56 Å². The lowest BCUT2D eigenvalue weighted by Gasteiger charge is -2.19. The number of methoxy groups -OCH3 is 1. The van der Waals surface area contributed by atoms with Crippen molar-refractivity contribution in [2.24, 2.45) is 0 Å². The maximum atomic E-state index is 13.5. The molecule has 0 aliphatic rings. The fourth-order valence-electron chi connectivity index (χ4n) is 1.93. The van der Waals surface area contributed by atoms with Gasteiger partial charge in [-0.2, -0.15) is 0 Å². The van der Waals surface area contributed by atoms with E-state index in [4.69, 9.17) is 4.74 Å². The molecule has 0 fully saturated rings. The number of carbonyl (C=O) groups excluding carboxylic acids is 1. The van der Waals surface area contributed by atoms with Crippen LogP contribution in [-0.4, -0.2) is 25.1 Å². The zero-order valence-corrected chi connectivity index (χ0v) is 12.0. The molecule has 0 aliphatic heterocycles. The second kappa shape index (κ2) is 6.74. The van der Waals surface area contributed by atoms with Gasteiger partial charge in [0.2, 0.25) is 0 Å². The molecule has 0 radical (unpaired) electrons. The molecular weight excluding hydrogens is 271 g/mol. The maximum Gasteiger partial charge on any atom is 0.321 e. The van der Waals surface area contributed by atoms with Crippen LogP contribution in [0, 0.1) is 5.82 Å². The first-order valence-corrected chi connectivity index (χ1v) is 6.50. The van der Waals surface area contributed by atoms with Gasteiger partial charge in [-0.1, -0.05) is 30.3 Å². The average Bonchev–Trinajstić information content (AvgIpc) is 2.50. The molecule has 1 N–H and O–H groups in total. The molecule has 110 valence electrons. The summed E-state index contributed by atoms with van der Waals surface area (Å²) in [6, 6.07) is 13.1. The van der Waals surface area contributed by atoms with Crippen molar-refractivity contribution >= 4 is 11.7 Å². The smallest absolute Gasteiger partial charge is 0.321 e. The number of urea groups is 1. The van der Waals surface area contributed by atoms with Crippen LogP contribution >= 0.6 is 0 Å². The first-order valence-electron chi connectivity index (χ1n) is 6.50. The highest BCUT2D eigenvalue weighted by Crippen LogP contribution is 2.19. The number of nitrogens with one attached hydrogen (secondary N) is 1. The van der Waals surface area contributed by atoms with Gasteiger partial charge in [-0.3, -0.25) is 0 Å². The molecule has 0 atom stereocenters. The van der Waals surface area contributed by atoms with Gasteiger partial charge in [0.15, 0.2) is 0 Å². The Bertz CT molecular complexity index is 631. The lowest BCUT2D eigenvalue weighted by atomic mass is 10.2. The Morgan fingerprint density at radius 2 is 1.86 bits per heavy atom. The van der Waals surface area contributed by atoms with Crippen LogP contribution in [0.1, 0.15) is 5.56 Å². The summed E-state index contributed by atoms with van der Waals surface area (Å²) in [5.74, 6) is 0.250. The van der Waals surface area contributed by atoms with Crippen molar-refractivity contribution in [3.05, 3.63) is 59.9 Å². The molecule has 0 heterocycles. The third kappa shape index (κ3) is 3.72. The summed E-state index contributed by atoms with van der Waals surface area (Å²) >= 11 is 0. The predicted octanol–water partition coefficient (Wildman–Crippen LogP) is 3.50. The molecule has 2 amide bonds. The number of hydrogen-bond donors (Lipinski definition) is 1. The van der Waals surface area contributed by atoms with Crippen LogP contribution in [0.25, 0.3) is 0 Å². The Balaban J connectivity index is 2.05. The first kappa shape index (κ1) is 14.8. The Morgan fingerprint density at radius 1 is 1.19 bits per heavy atom. The minimum atomic E-state index is -0.462. The van der Waals surface area contributed by atoms with Gasteiger partial charge < -0.3 is 15.0 Å². The van der Waals surface area contributed by atoms with E-state index < -0.39 is 5.82 Å². The van der Waals surface area contributed by atoms with Crippen molar-refractivity contribution in [2.45, 2.75) is 6.54 Å². The molecule has 21 heavy (non-hydrogen) atoms. The maximum absolute atomic E-state index is 13.5. The van der Waals surface area contributed by atoms with Crippen LogP contribution in [0.3, 0.4) is 0 Å². The van der Waals surface area contributed by atoms with Crippen LogP contribution in [0.2, 0.25) is 0 Å². The number of para-hydroxylation sites is 2. The molecule has 0 unspecified atom stereocenters. The number of halogens is 1. The van der Waals surface area contributed by atoms with Crippen molar-refractivity contribution in [3.8, 4) is 5.75 Å². The van der Waals surface area contributed by atoms with Gasteiger partial charge in [-0.25, -0.2) is 9.18 Å². The zero-order valence-electron chi connectivity index (χ0n) is 12.0. The molecule has 0 spiro atoms. The minimum Gasteiger partial charge on any atom is -0.496 e. The molecule has 5 heteroatoms. The molecule has 0 saturated heterocycles. The highest BCUT2D eigenvalue weighted by Gasteiger charge is 2.13. The highest BCUT2D eigenvalue weighted by molar-refractivity contribution is 5.89. The normalized spacial score (nSPS) is 10.0. The zero-order chi connectivity index (χ0) is 15.2. The summed E-state index contributed by atoms with van der Waals surface area (Å²) in [4.78, 5) is 13.5. The third-order valence-corrected chi connectivity index (χ3v) is 3.06. The van der Waals surface area contributed by atoms with E-state index >= 15 is 0 Å². The van der Waals surface area contributed by atoms with Crippen molar-refractivity contribution in [2.75, 3.05) is 19.5 Å². The summed E-state index contributed by atoms with van der Waals surface area (Å²) in [7, 11) is 3.22. The summed E-state index contributed by atoms with van der Waals surface area (Å²) in [6.07, 6.45) is 0. The Labute approximate surface area is 123 Å². The number of hydrogen-bond acceptors (Lipinski definition) is 2. The molecule has 2 aromatic rings. The topological polar surface area (TPSA) is 41.6 Å². The fraction of sp³-hybridized carbons (Fsp3) is 0.188.